The van der Waals surface area contributed by atoms with Gasteiger partial charge >= 0.3 is 0 Å². The second-order valence-electron chi connectivity index (χ2n) is 7.83. The summed E-state index contributed by atoms with van der Waals surface area (Å²) in [5.74, 6) is 2.02. The van der Waals surface area contributed by atoms with Crippen LogP contribution in [0.2, 0.25) is 0 Å². The third kappa shape index (κ3) is 3.89. The quantitative estimate of drug-likeness (QED) is 0.492. The van der Waals surface area contributed by atoms with E-state index in [0.29, 0.717) is 23.4 Å². The summed E-state index contributed by atoms with van der Waals surface area (Å²) in [6.07, 6.45) is 1.88. The number of hydrogen-bond donors (Lipinski definition) is 0. The summed E-state index contributed by atoms with van der Waals surface area (Å²) >= 11 is 1.63. The van der Waals surface area contributed by atoms with Crippen LogP contribution in [0.15, 0.2) is 17.5 Å². The van der Waals surface area contributed by atoms with Crippen molar-refractivity contribution in [2.24, 2.45) is 0 Å². The second-order valence-corrected chi connectivity index (χ2v) is 8.69. The zero-order chi connectivity index (χ0) is 22.8. The van der Waals surface area contributed by atoms with E-state index in [1.807, 2.05) is 23.6 Å². The van der Waals surface area contributed by atoms with E-state index < -0.39 is 0 Å². The third-order valence-corrected chi connectivity index (χ3v) is 7.12. The highest BCUT2D eigenvalue weighted by Gasteiger charge is 2.29. The predicted octanol–water partition coefficient (Wildman–Crippen LogP) is 4.41. The Morgan fingerprint density at radius 2 is 1.75 bits per heavy atom. The van der Waals surface area contributed by atoms with E-state index in [4.69, 9.17) is 28.8 Å². The summed E-state index contributed by atoms with van der Waals surface area (Å²) in [6, 6.07) is 4.37. The van der Waals surface area contributed by atoms with Crippen molar-refractivity contribution < 1.29 is 23.7 Å². The van der Waals surface area contributed by atoms with Gasteiger partial charge in [0.05, 0.1) is 38.7 Å². The van der Waals surface area contributed by atoms with Gasteiger partial charge in [0.2, 0.25) is 0 Å². The molecule has 3 heterocycles. The molecule has 1 aliphatic rings. The van der Waals surface area contributed by atoms with Crippen molar-refractivity contribution in [2.45, 2.75) is 31.9 Å². The molecule has 1 fully saturated rings. The largest absolute Gasteiger partial charge is 0.496 e. The third-order valence-electron chi connectivity index (χ3n) is 6.19. The molecule has 0 amide bonds. The molecular weight excluding hydrogens is 430 g/mol. The van der Waals surface area contributed by atoms with E-state index in [0.717, 1.165) is 53.4 Å². The minimum atomic E-state index is -0.0844. The maximum absolute atomic E-state index is 5.77. The van der Waals surface area contributed by atoms with Crippen LogP contribution in [0.25, 0.3) is 16.1 Å². The molecule has 0 spiro atoms. The molecule has 8 nitrogen and oxygen atoms in total. The standard InChI is InChI=1S/C23H31N3O5S/c1-14(27-3)15-11-18(28-4)20(19(12-15)29-5)17-13-32-23-21(22(30-6)24-26(17)23)25(2)16-7-9-31-10-8-16/h11-14,16H,7-10H2,1-6H3. The zero-order valence-corrected chi connectivity index (χ0v) is 20.3. The smallest absolute Gasteiger partial charge is 0.258 e. The second kappa shape index (κ2) is 9.56. The summed E-state index contributed by atoms with van der Waals surface area (Å²) in [5.41, 5.74) is 3.71. The molecule has 0 bridgehead atoms. The van der Waals surface area contributed by atoms with Crippen molar-refractivity contribution in [1.82, 2.24) is 9.61 Å². The highest BCUT2D eigenvalue weighted by Crippen LogP contribution is 2.46. The molecule has 174 valence electrons. The molecule has 32 heavy (non-hydrogen) atoms. The molecule has 1 aliphatic heterocycles. The normalized spacial score (nSPS) is 15.7. The summed E-state index contributed by atoms with van der Waals surface area (Å²) in [5, 5.41) is 6.89. The van der Waals surface area contributed by atoms with Crippen molar-refractivity contribution in [3.63, 3.8) is 0 Å². The van der Waals surface area contributed by atoms with Crippen LogP contribution in [-0.4, -0.2) is 64.4 Å². The minimum Gasteiger partial charge on any atom is -0.496 e. The van der Waals surface area contributed by atoms with E-state index in [2.05, 4.69) is 17.3 Å². The maximum atomic E-state index is 5.77. The van der Waals surface area contributed by atoms with Crippen LogP contribution in [-0.2, 0) is 9.47 Å². The van der Waals surface area contributed by atoms with Gasteiger partial charge in [0.15, 0.2) is 0 Å². The summed E-state index contributed by atoms with van der Waals surface area (Å²) < 4.78 is 30.2. The van der Waals surface area contributed by atoms with Crippen molar-refractivity contribution in [3.05, 3.63) is 23.1 Å². The van der Waals surface area contributed by atoms with Crippen molar-refractivity contribution in [1.29, 1.82) is 0 Å². The summed E-state index contributed by atoms with van der Waals surface area (Å²) in [7, 11) is 8.78. The van der Waals surface area contributed by atoms with Crippen LogP contribution in [0.4, 0.5) is 5.69 Å². The SMILES string of the molecule is COc1cc(C(C)OC)cc(OC)c1-c1csc2c(N(C)C3CCOCC3)c(OC)nn12. The highest BCUT2D eigenvalue weighted by molar-refractivity contribution is 7.16. The first-order valence-corrected chi connectivity index (χ1v) is 11.6. The Balaban J connectivity index is 1.85. The first-order valence-electron chi connectivity index (χ1n) is 10.7. The molecule has 0 N–H and O–H groups in total. The van der Waals surface area contributed by atoms with E-state index in [1.54, 1.807) is 39.8 Å². The number of aromatic nitrogens is 2. The molecule has 0 radical (unpaired) electrons. The molecule has 2 aromatic heterocycles. The molecular formula is C23H31N3O5S. The van der Waals surface area contributed by atoms with Crippen molar-refractivity contribution >= 4 is 21.9 Å². The van der Waals surface area contributed by atoms with Gasteiger partial charge in [-0.15, -0.1) is 16.4 Å². The summed E-state index contributed by atoms with van der Waals surface area (Å²) in [4.78, 5) is 3.30. The molecule has 4 rings (SSSR count). The number of methoxy groups -OCH3 is 4. The van der Waals surface area contributed by atoms with Crippen LogP contribution >= 0.6 is 11.3 Å². The molecule has 9 heteroatoms. The number of hydrogen-bond acceptors (Lipinski definition) is 8. The number of rotatable bonds is 8. The molecule has 1 saturated heterocycles. The van der Waals surface area contributed by atoms with Crippen LogP contribution in [0.3, 0.4) is 0 Å². The van der Waals surface area contributed by atoms with Gasteiger partial charge in [0.1, 0.15) is 22.0 Å². The molecule has 0 saturated carbocycles. The molecule has 3 aromatic rings. The van der Waals surface area contributed by atoms with E-state index in [9.17, 15) is 0 Å². The molecule has 1 unspecified atom stereocenters. The first kappa shape index (κ1) is 22.7. The van der Waals surface area contributed by atoms with Gasteiger partial charge in [0.25, 0.3) is 5.88 Å². The van der Waals surface area contributed by atoms with Crippen LogP contribution in [0.5, 0.6) is 17.4 Å². The Bertz CT molecular complexity index is 1050. The molecule has 1 atom stereocenters. The fourth-order valence-electron chi connectivity index (χ4n) is 4.22. The monoisotopic (exact) mass is 461 g/mol. The van der Waals surface area contributed by atoms with Crippen molar-refractivity contribution in [3.8, 4) is 28.6 Å². The van der Waals surface area contributed by atoms with Gasteiger partial charge < -0.3 is 28.6 Å². The molecule has 0 aliphatic carbocycles. The maximum Gasteiger partial charge on any atom is 0.258 e. The first-order chi connectivity index (χ1) is 15.5. The number of ether oxygens (including phenoxy) is 5. The van der Waals surface area contributed by atoms with Gasteiger partial charge in [-0.25, -0.2) is 4.52 Å². The van der Waals surface area contributed by atoms with E-state index in [-0.39, 0.29) is 6.10 Å². The number of nitrogens with zero attached hydrogens (tertiary/aromatic N) is 3. The van der Waals surface area contributed by atoms with Crippen molar-refractivity contribution in [2.75, 3.05) is 53.6 Å². The topological polar surface area (TPSA) is 66.7 Å². The van der Waals surface area contributed by atoms with Crippen LogP contribution < -0.4 is 19.1 Å². The van der Waals surface area contributed by atoms with E-state index in [1.165, 1.54) is 0 Å². The zero-order valence-electron chi connectivity index (χ0n) is 19.5. The Kier molecular flexibility index (Phi) is 6.78. The average Bonchev–Trinajstić information content (AvgIpc) is 3.41. The minimum absolute atomic E-state index is 0.0844. The lowest BCUT2D eigenvalue weighted by atomic mass is 10.0. The number of benzene rings is 1. The lowest BCUT2D eigenvalue weighted by Crippen LogP contribution is -2.36. The Morgan fingerprint density at radius 1 is 1.09 bits per heavy atom. The number of fused-ring (bicyclic) bond motifs is 1. The summed E-state index contributed by atoms with van der Waals surface area (Å²) in [6.45, 7) is 3.55. The van der Waals surface area contributed by atoms with Gasteiger partial charge in [0, 0.05) is 38.8 Å². The van der Waals surface area contributed by atoms with Gasteiger partial charge in [-0.2, -0.15) is 0 Å². The highest BCUT2D eigenvalue weighted by atomic mass is 32.1. The number of thiazole rings is 1. The van der Waals surface area contributed by atoms with Crippen LogP contribution in [0.1, 0.15) is 31.4 Å². The average molecular weight is 462 g/mol. The molecule has 1 aromatic carbocycles. The Morgan fingerprint density at radius 3 is 2.31 bits per heavy atom. The van der Waals surface area contributed by atoms with Gasteiger partial charge in [-0.05, 0) is 37.5 Å². The lowest BCUT2D eigenvalue weighted by Gasteiger charge is -2.32. The van der Waals surface area contributed by atoms with Crippen LogP contribution in [0, 0.1) is 0 Å². The Labute approximate surface area is 192 Å². The number of anilines is 1. The Hall–Kier alpha value is -2.49. The van der Waals surface area contributed by atoms with E-state index >= 15 is 0 Å². The van der Waals surface area contributed by atoms with Gasteiger partial charge in [-0.3, -0.25) is 0 Å². The van der Waals surface area contributed by atoms with Gasteiger partial charge in [-0.1, -0.05) is 0 Å². The fourth-order valence-corrected chi connectivity index (χ4v) is 5.24. The lowest BCUT2D eigenvalue weighted by molar-refractivity contribution is 0.0854. The fraction of sp³-hybridized carbons (Fsp3) is 0.522. The predicted molar refractivity (Wildman–Crippen MR) is 126 cm³/mol.